The summed E-state index contributed by atoms with van der Waals surface area (Å²) in [5.74, 6) is 1.96. The third-order valence-electron chi connectivity index (χ3n) is 11.1. The van der Waals surface area contributed by atoms with Crippen molar-refractivity contribution in [2.75, 3.05) is 0 Å². The molecule has 8 aromatic carbocycles. The number of hydrogen-bond donors (Lipinski definition) is 0. The van der Waals surface area contributed by atoms with Crippen LogP contribution < -0.4 is 0 Å². The van der Waals surface area contributed by atoms with E-state index in [1.54, 1.807) is 11.3 Å². The summed E-state index contributed by atoms with van der Waals surface area (Å²) in [5, 5.41) is 7.01. The van der Waals surface area contributed by atoms with E-state index in [9.17, 15) is 0 Å². The summed E-state index contributed by atoms with van der Waals surface area (Å²) in [6.45, 7) is 0. The van der Waals surface area contributed by atoms with E-state index in [0.29, 0.717) is 17.5 Å². The van der Waals surface area contributed by atoms with Gasteiger partial charge in [-0.3, -0.25) is 0 Å². The minimum Gasteiger partial charge on any atom is -0.456 e. The fourth-order valence-corrected chi connectivity index (χ4v) is 9.52. The Labute approximate surface area is 330 Å². The standard InChI is InChI=1S/C51H30N4OS/c1-3-12-31(13-4-1)49-52-50(32-14-5-2-6-15-32)54-51(53-49)39-18-11-21-47-48(39)41-28-33(23-27-46(41)57-47)34-22-25-38-40-30-35(24-26-44(40)56-45(38)29-34)55-42-19-9-7-16-36(42)37-17-8-10-20-43(37)55/h1-30H. The first kappa shape index (κ1) is 31.9. The van der Waals surface area contributed by atoms with Crippen LogP contribution in [0.1, 0.15) is 0 Å². The van der Waals surface area contributed by atoms with Crippen LogP contribution >= 0.6 is 11.3 Å². The van der Waals surface area contributed by atoms with Crippen molar-refractivity contribution in [2.24, 2.45) is 0 Å². The molecule has 12 rings (SSSR count). The van der Waals surface area contributed by atoms with Gasteiger partial charge in [-0.25, -0.2) is 15.0 Å². The zero-order valence-corrected chi connectivity index (χ0v) is 31.2. The Bertz CT molecular complexity index is 3420. The molecule has 0 atom stereocenters. The molecule has 0 spiro atoms. The van der Waals surface area contributed by atoms with Gasteiger partial charge in [-0.2, -0.15) is 0 Å². The quantitative estimate of drug-likeness (QED) is 0.176. The predicted octanol–water partition coefficient (Wildman–Crippen LogP) is 13.9. The van der Waals surface area contributed by atoms with Gasteiger partial charge in [0.25, 0.3) is 0 Å². The highest BCUT2D eigenvalue weighted by Gasteiger charge is 2.19. The van der Waals surface area contributed by atoms with E-state index >= 15 is 0 Å². The highest BCUT2D eigenvalue weighted by atomic mass is 32.1. The van der Waals surface area contributed by atoms with E-state index in [-0.39, 0.29) is 0 Å². The number of aromatic nitrogens is 4. The van der Waals surface area contributed by atoms with Gasteiger partial charge in [0.15, 0.2) is 17.5 Å². The number of benzene rings is 8. The topological polar surface area (TPSA) is 56.7 Å². The number of fused-ring (bicyclic) bond motifs is 9. The van der Waals surface area contributed by atoms with Crippen molar-refractivity contribution in [1.82, 2.24) is 19.5 Å². The third kappa shape index (κ3) is 5.12. The minimum atomic E-state index is 0.651. The maximum Gasteiger partial charge on any atom is 0.164 e. The van der Waals surface area contributed by atoms with Gasteiger partial charge in [0.2, 0.25) is 0 Å². The average Bonchev–Trinajstić information content (AvgIpc) is 3.95. The molecule has 0 unspecified atom stereocenters. The van der Waals surface area contributed by atoms with E-state index in [0.717, 1.165) is 60.8 Å². The average molecular weight is 747 g/mol. The lowest BCUT2D eigenvalue weighted by atomic mass is 9.99. The van der Waals surface area contributed by atoms with E-state index in [2.05, 4.69) is 126 Å². The zero-order chi connectivity index (χ0) is 37.5. The molecule has 5 nitrogen and oxygen atoms in total. The summed E-state index contributed by atoms with van der Waals surface area (Å²) in [5.41, 5.74) is 10.3. The fraction of sp³-hybridized carbons (Fsp3) is 0. The molecule has 0 amide bonds. The SMILES string of the molecule is c1ccc(-c2nc(-c3ccccc3)nc(-c3cccc4sc5ccc(-c6ccc7c(c6)oc6ccc(-n8c9ccccc9c9ccccc98)cc67)cc5c34)n2)cc1. The Balaban J connectivity index is 0.985. The number of hydrogen-bond acceptors (Lipinski definition) is 5. The number of furan rings is 1. The molecule has 0 aliphatic heterocycles. The Morgan fingerprint density at radius 1 is 0.386 bits per heavy atom. The summed E-state index contributed by atoms with van der Waals surface area (Å²) < 4.78 is 11.3. The van der Waals surface area contributed by atoms with Crippen molar-refractivity contribution < 1.29 is 4.42 Å². The Hall–Kier alpha value is -7.41. The van der Waals surface area contributed by atoms with Crippen LogP contribution in [0, 0.1) is 0 Å². The van der Waals surface area contributed by atoms with Crippen molar-refractivity contribution in [3.05, 3.63) is 182 Å². The summed E-state index contributed by atoms with van der Waals surface area (Å²) in [4.78, 5) is 15.1. The lowest BCUT2D eigenvalue weighted by molar-refractivity contribution is 0.669. The van der Waals surface area contributed by atoms with Gasteiger partial charge in [-0.05, 0) is 71.8 Å². The molecule has 12 aromatic rings. The van der Waals surface area contributed by atoms with Crippen molar-refractivity contribution in [3.63, 3.8) is 0 Å². The summed E-state index contributed by atoms with van der Waals surface area (Å²) >= 11 is 1.79. The van der Waals surface area contributed by atoms with E-state index in [1.807, 2.05) is 60.7 Å². The van der Waals surface area contributed by atoms with Gasteiger partial charge in [0.1, 0.15) is 11.2 Å². The van der Waals surface area contributed by atoms with Gasteiger partial charge < -0.3 is 8.98 Å². The Morgan fingerprint density at radius 3 is 1.74 bits per heavy atom. The molecule has 6 heteroatoms. The molecule has 4 heterocycles. The molecule has 0 aliphatic rings. The van der Waals surface area contributed by atoms with Gasteiger partial charge in [0.05, 0.1) is 11.0 Å². The number of thiophene rings is 1. The monoisotopic (exact) mass is 746 g/mol. The van der Waals surface area contributed by atoms with Crippen molar-refractivity contribution in [2.45, 2.75) is 0 Å². The van der Waals surface area contributed by atoms with Crippen LogP contribution in [0.25, 0.3) is 115 Å². The second-order valence-electron chi connectivity index (χ2n) is 14.4. The molecule has 4 aromatic heterocycles. The minimum absolute atomic E-state index is 0.651. The van der Waals surface area contributed by atoms with Crippen LogP contribution in [0.4, 0.5) is 0 Å². The fourth-order valence-electron chi connectivity index (χ4n) is 8.41. The highest BCUT2D eigenvalue weighted by molar-refractivity contribution is 7.26. The largest absolute Gasteiger partial charge is 0.456 e. The molecule has 0 saturated heterocycles. The van der Waals surface area contributed by atoms with Crippen LogP contribution in [0.2, 0.25) is 0 Å². The summed E-state index contributed by atoms with van der Waals surface area (Å²) in [6, 6.07) is 63.8. The molecule has 57 heavy (non-hydrogen) atoms. The van der Waals surface area contributed by atoms with Crippen molar-refractivity contribution in [3.8, 4) is 51.0 Å². The molecule has 0 aliphatic carbocycles. The van der Waals surface area contributed by atoms with Crippen LogP contribution in [-0.2, 0) is 0 Å². The van der Waals surface area contributed by atoms with Gasteiger partial charge in [-0.1, -0.05) is 121 Å². The van der Waals surface area contributed by atoms with Gasteiger partial charge in [0, 0.05) is 64.1 Å². The molecule has 0 saturated carbocycles. The molecular weight excluding hydrogens is 717 g/mol. The lowest BCUT2D eigenvalue weighted by Gasteiger charge is -2.10. The normalized spacial score (nSPS) is 11.9. The summed E-state index contributed by atoms with van der Waals surface area (Å²) in [6.07, 6.45) is 0. The first-order valence-electron chi connectivity index (χ1n) is 19.0. The maximum absolute atomic E-state index is 6.55. The van der Waals surface area contributed by atoms with Crippen LogP contribution in [0.15, 0.2) is 186 Å². The van der Waals surface area contributed by atoms with Crippen LogP contribution in [0.3, 0.4) is 0 Å². The molecule has 0 radical (unpaired) electrons. The van der Waals surface area contributed by atoms with Crippen molar-refractivity contribution >= 4 is 75.3 Å². The van der Waals surface area contributed by atoms with Crippen LogP contribution in [0.5, 0.6) is 0 Å². The molecule has 0 N–H and O–H groups in total. The smallest absolute Gasteiger partial charge is 0.164 e. The van der Waals surface area contributed by atoms with E-state index in [4.69, 9.17) is 19.4 Å². The first-order chi connectivity index (χ1) is 28.2. The van der Waals surface area contributed by atoms with Crippen LogP contribution in [-0.4, -0.2) is 19.5 Å². The van der Waals surface area contributed by atoms with E-state index in [1.165, 1.54) is 36.6 Å². The molecule has 266 valence electrons. The lowest BCUT2D eigenvalue weighted by Crippen LogP contribution is -2.00. The maximum atomic E-state index is 6.55. The predicted molar refractivity (Wildman–Crippen MR) is 236 cm³/mol. The number of rotatable bonds is 5. The third-order valence-corrected chi connectivity index (χ3v) is 12.2. The highest BCUT2D eigenvalue weighted by Crippen LogP contribution is 2.42. The molecule has 0 bridgehead atoms. The molecular formula is C51H30N4OS. The van der Waals surface area contributed by atoms with E-state index < -0.39 is 0 Å². The second-order valence-corrected chi connectivity index (χ2v) is 15.5. The Morgan fingerprint density at radius 2 is 1.02 bits per heavy atom. The second kappa shape index (κ2) is 12.6. The summed E-state index contributed by atoms with van der Waals surface area (Å²) in [7, 11) is 0. The number of para-hydroxylation sites is 2. The first-order valence-corrected chi connectivity index (χ1v) is 19.8. The van der Waals surface area contributed by atoms with Gasteiger partial charge >= 0.3 is 0 Å². The Kier molecular flexibility index (Phi) is 7.03. The van der Waals surface area contributed by atoms with Gasteiger partial charge in [-0.15, -0.1) is 11.3 Å². The van der Waals surface area contributed by atoms with Crippen molar-refractivity contribution in [1.29, 1.82) is 0 Å². The number of nitrogens with zero attached hydrogens (tertiary/aromatic N) is 4. The zero-order valence-electron chi connectivity index (χ0n) is 30.4. The molecule has 0 fully saturated rings.